The van der Waals surface area contributed by atoms with E-state index in [2.05, 4.69) is 103 Å². The predicted octanol–water partition coefficient (Wildman–Crippen LogP) is 10.8. The molecule has 0 saturated heterocycles. The van der Waals surface area contributed by atoms with Crippen molar-refractivity contribution in [3.8, 4) is 0 Å². The Morgan fingerprint density at radius 2 is 1.11 bits per heavy atom. The molecule has 13 heteroatoms. The molecule has 2 unspecified atom stereocenters. The van der Waals surface area contributed by atoms with E-state index in [1.807, 2.05) is 12.2 Å². The first-order valence-electron chi connectivity index (χ1n) is 22.0. The highest BCUT2D eigenvalue weighted by Gasteiger charge is 2.28. The zero-order chi connectivity index (χ0) is 45.1. The third-order valence-corrected chi connectivity index (χ3v) is 9.56. The zero-order valence-electron chi connectivity index (χ0n) is 36.8. The van der Waals surface area contributed by atoms with Gasteiger partial charge in [-0.3, -0.25) is 23.4 Å². The summed E-state index contributed by atoms with van der Waals surface area (Å²) in [5.41, 5.74) is 5.32. The molecule has 0 fully saturated rings. The first kappa shape index (κ1) is 57.1. The number of ether oxygens (including phenoxy) is 2. The predicted molar refractivity (Wildman–Crippen MR) is 246 cm³/mol. The minimum absolute atomic E-state index is 0.0838. The number of rotatable bonds is 39. The molecule has 0 rings (SSSR count). The monoisotopic (exact) mass is 874 g/mol. The molecule has 0 spiro atoms. The quantitative estimate of drug-likeness (QED) is 0.0150. The molecule has 4 atom stereocenters. The Labute approximate surface area is 366 Å². The highest BCUT2D eigenvalue weighted by Crippen LogP contribution is 2.43. The van der Waals surface area contributed by atoms with Crippen molar-refractivity contribution < 1.29 is 52.6 Å². The highest BCUT2D eigenvalue weighted by molar-refractivity contribution is 7.47. The summed E-state index contributed by atoms with van der Waals surface area (Å²) in [6.45, 7) is 2.40. The first-order valence-corrected chi connectivity index (χ1v) is 23.5. The number of esters is 2. The molecule has 0 amide bonds. The molecule has 0 radical (unpaired) electrons. The number of aliphatic carboxylic acids is 1. The lowest BCUT2D eigenvalue weighted by molar-refractivity contribution is -0.161. The van der Waals surface area contributed by atoms with Crippen molar-refractivity contribution in [3.63, 3.8) is 0 Å². The van der Waals surface area contributed by atoms with Crippen molar-refractivity contribution in [2.45, 2.75) is 154 Å². The summed E-state index contributed by atoms with van der Waals surface area (Å²) in [6, 6.07) is -1.56. The van der Waals surface area contributed by atoms with E-state index in [-0.39, 0.29) is 25.7 Å². The van der Waals surface area contributed by atoms with Crippen LogP contribution in [0.2, 0.25) is 0 Å². The smallest absolute Gasteiger partial charge is 0.472 e. The Morgan fingerprint density at radius 3 is 1.67 bits per heavy atom. The molecular formula is C48H76NO11P. The van der Waals surface area contributed by atoms with Crippen LogP contribution in [0.4, 0.5) is 0 Å². The summed E-state index contributed by atoms with van der Waals surface area (Å²) in [5.74, 6) is -2.67. The highest BCUT2D eigenvalue weighted by atomic mass is 31.2. The Hall–Kier alpha value is -3.90. The summed E-state index contributed by atoms with van der Waals surface area (Å²) in [5, 5.41) is 19.2. The lowest BCUT2D eigenvalue weighted by Crippen LogP contribution is -2.34. The second-order valence-electron chi connectivity index (χ2n) is 14.3. The number of aliphatic hydroxyl groups is 1. The van der Waals surface area contributed by atoms with Crippen LogP contribution in [-0.4, -0.2) is 71.1 Å². The Kier molecular flexibility index (Phi) is 38.8. The van der Waals surface area contributed by atoms with Gasteiger partial charge >= 0.3 is 25.7 Å². The van der Waals surface area contributed by atoms with Crippen molar-refractivity contribution in [2.75, 3.05) is 19.8 Å². The fourth-order valence-corrected chi connectivity index (χ4v) is 5.91. The second-order valence-corrected chi connectivity index (χ2v) is 15.7. The van der Waals surface area contributed by atoms with Crippen molar-refractivity contribution in [3.05, 3.63) is 109 Å². The van der Waals surface area contributed by atoms with Crippen molar-refractivity contribution in [2.24, 2.45) is 5.73 Å². The van der Waals surface area contributed by atoms with Gasteiger partial charge < -0.3 is 30.3 Å². The van der Waals surface area contributed by atoms with E-state index in [9.17, 15) is 28.9 Å². The number of hydrogen-bond donors (Lipinski definition) is 4. The molecule has 0 heterocycles. The van der Waals surface area contributed by atoms with Gasteiger partial charge in [0.05, 0.1) is 19.3 Å². The molecular weight excluding hydrogens is 797 g/mol. The molecule has 0 aromatic rings. The van der Waals surface area contributed by atoms with Crippen LogP contribution in [0.1, 0.15) is 136 Å². The van der Waals surface area contributed by atoms with Crippen LogP contribution in [0.3, 0.4) is 0 Å². The number of carboxylic acid groups (broad SMARTS) is 1. The third kappa shape index (κ3) is 41.2. The van der Waals surface area contributed by atoms with Gasteiger partial charge in [-0.25, -0.2) is 4.57 Å². The van der Waals surface area contributed by atoms with Crippen molar-refractivity contribution in [1.82, 2.24) is 0 Å². The second kappa shape index (κ2) is 41.5. The van der Waals surface area contributed by atoms with Crippen LogP contribution in [0, 0.1) is 0 Å². The maximum Gasteiger partial charge on any atom is 0.472 e. The molecule has 61 heavy (non-hydrogen) atoms. The summed E-state index contributed by atoms with van der Waals surface area (Å²) < 4.78 is 32.5. The lowest BCUT2D eigenvalue weighted by Gasteiger charge is -2.20. The van der Waals surface area contributed by atoms with E-state index in [0.717, 1.165) is 70.6 Å². The lowest BCUT2D eigenvalue weighted by atomic mass is 10.1. The normalized spacial score (nSPS) is 15.2. The van der Waals surface area contributed by atoms with Gasteiger partial charge in [0, 0.05) is 12.8 Å². The van der Waals surface area contributed by atoms with Gasteiger partial charge in [0.1, 0.15) is 12.6 Å². The minimum atomic E-state index is -4.79. The SMILES string of the molecule is CC/C=C\C/C=C\C/C=C\C/C=C\C=C\C(O)CCCC(=O)O[C@H](COC(=O)CCCCC/C=C\C/C=C\C/C=C\C/C=C\CCCCC)COP(=O)(O)OC[C@H](N)C(=O)O. The van der Waals surface area contributed by atoms with E-state index >= 15 is 0 Å². The number of allylic oxidation sites excluding steroid dienone is 17. The molecule has 0 aliphatic carbocycles. The zero-order valence-corrected chi connectivity index (χ0v) is 37.7. The molecule has 0 aliphatic rings. The molecule has 12 nitrogen and oxygen atoms in total. The summed E-state index contributed by atoms with van der Waals surface area (Å²) in [7, 11) is -4.79. The third-order valence-electron chi connectivity index (χ3n) is 8.61. The van der Waals surface area contributed by atoms with Crippen LogP contribution in [0.15, 0.2) is 109 Å². The van der Waals surface area contributed by atoms with Gasteiger partial charge in [0.15, 0.2) is 6.10 Å². The number of carbonyl (C=O) groups is 3. The van der Waals surface area contributed by atoms with Crippen molar-refractivity contribution in [1.29, 1.82) is 0 Å². The van der Waals surface area contributed by atoms with Gasteiger partial charge in [0.2, 0.25) is 0 Å². The van der Waals surface area contributed by atoms with Crippen LogP contribution < -0.4 is 5.73 Å². The Morgan fingerprint density at radius 1 is 0.607 bits per heavy atom. The van der Waals surface area contributed by atoms with E-state index < -0.39 is 63.8 Å². The van der Waals surface area contributed by atoms with Gasteiger partial charge in [-0.05, 0) is 89.9 Å². The van der Waals surface area contributed by atoms with Gasteiger partial charge in [-0.15, -0.1) is 0 Å². The van der Waals surface area contributed by atoms with Gasteiger partial charge in [-0.1, -0.05) is 142 Å². The van der Waals surface area contributed by atoms with E-state index in [0.29, 0.717) is 6.42 Å². The molecule has 0 saturated carbocycles. The van der Waals surface area contributed by atoms with Crippen LogP contribution in [0.5, 0.6) is 0 Å². The molecule has 0 aromatic carbocycles. The van der Waals surface area contributed by atoms with E-state index in [4.69, 9.17) is 24.8 Å². The molecule has 0 bridgehead atoms. The summed E-state index contributed by atoms with van der Waals surface area (Å²) in [6.07, 6.45) is 50.4. The Balaban J connectivity index is 4.63. The van der Waals surface area contributed by atoms with Crippen molar-refractivity contribution >= 4 is 25.7 Å². The molecule has 5 N–H and O–H groups in total. The maximum absolute atomic E-state index is 12.6. The van der Waals surface area contributed by atoms with Crippen LogP contribution in [-0.2, 0) is 37.5 Å². The number of carboxylic acids is 1. The maximum atomic E-state index is 12.6. The van der Waals surface area contributed by atoms with E-state index in [1.54, 1.807) is 12.2 Å². The molecule has 0 aromatic heterocycles. The first-order chi connectivity index (χ1) is 29.5. The average molecular weight is 874 g/mol. The molecule has 344 valence electrons. The number of nitrogens with two attached hydrogens (primary N) is 1. The number of phosphoric ester groups is 1. The number of carbonyl (C=O) groups excluding carboxylic acids is 2. The molecule has 0 aliphatic heterocycles. The van der Waals surface area contributed by atoms with Crippen LogP contribution >= 0.6 is 7.82 Å². The number of phosphoric acid groups is 1. The Bertz CT molecular complexity index is 1460. The van der Waals surface area contributed by atoms with Gasteiger partial charge in [0.25, 0.3) is 0 Å². The summed E-state index contributed by atoms with van der Waals surface area (Å²) >= 11 is 0. The summed E-state index contributed by atoms with van der Waals surface area (Å²) in [4.78, 5) is 46.0. The fraction of sp³-hybridized carbons (Fsp3) is 0.562. The largest absolute Gasteiger partial charge is 0.480 e. The standard InChI is InChI=1S/C48H76NO11P/c1-3-5-7-9-11-13-15-17-18-19-20-21-22-24-26-28-30-32-34-38-46(51)57-40-44(41-58-61(55,56)59-42-45(49)48(53)54)60-47(52)39-35-37-43(50)36-33-31-29-27-25-23-16-14-12-10-8-6-4-2/h6,8,11-14,17-18,20-21,23-26,29,31,33,36,43-45,50H,3-5,7,9-10,15-16,19,22,27-28,30,32,34-35,37-42,49H2,1-2H3,(H,53,54)(H,55,56)/b8-6-,13-11-,14-12-,18-17-,21-20-,25-23-,26-24-,31-29-,36-33+/t43?,44-,45+/m1/s1. The van der Waals surface area contributed by atoms with E-state index in [1.165, 1.54) is 19.3 Å². The number of hydrogen-bond acceptors (Lipinski definition) is 10. The minimum Gasteiger partial charge on any atom is -0.480 e. The number of aliphatic hydroxyl groups excluding tert-OH is 1. The average Bonchev–Trinajstić information content (AvgIpc) is 3.23. The van der Waals surface area contributed by atoms with Gasteiger partial charge in [-0.2, -0.15) is 0 Å². The fourth-order valence-electron chi connectivity index (χ4n) is 5.13. The topological polar surface area (TPSA) is 192 Å². The number of unbranched alkanes of at least 4 members (excludes halogenated alkanes) is 6. The van der Waals surface area contributed by atoms with Crippen LogP contribution in [0.25, 0.3) is 0 Å².